The lowest BCUT2D eigenvalue weighted by Crippen LogP contribution is -1.97. The fourth-order valence-electron chi connectivity index (χ4n) is 1.77. The molecule has 0 radical (unpaired) electrons. The number of nitro groups is 2. The lowest BCUT2D eigenvalue weighted by atomic mass is 10.0. The molecule has 7 heteroatoms. The predicted octanol–water partition coefficient (Wildman–Crippen LogP) is 3.82. The molecule has 0 amide bonds. The molecule has 19 heavy (non-hydrogen) atoms. The highest BCUT2D eigenvalue weighted by molar-refractivity contribution is 6.30. The van der Waals surface area contributed by atoms with Gasteiger partial charge >= 0.3 is 0 Å². The quantitative estimate of drug-likeness (QED) is 0.631. The van der Waals surface area contributed by atoms with Crippen molar-refractivity contribution < 1.29 is 9.85 Å². The Bertz CT molecular complexity index is 640. The first-order valence-electron chi connectivity index (χ1n) is 5.18. The summed E-state index contributed by atoms with van der Waals surface area (Å²) in [7, 11) is 0. The van der Waals surface area contributed by atoms with Crippen molar-refractivity contribution in [2.45, 2.75) is 0 Å². The summed E-state index contributed by atoms with van der Waals surface area (Å²) in [6, 6.07) is 9.90. The molecular formula is C12H7ClN2O4. The van der Waals surface area contributed by atoms with Gasteiger partial charge < -0.3 is 0 Å². The van der Waals surface area contributed by atoms with Crippen molar-refractivity contribution in [3.63, 3.8) is 0 Å². The first kappa shape index (κ1) is 13.0. The molecule has 96 valence electrons. The molecule has 0 fully saturated rings. The molecular weight excluding hydrogens is 272 g/mol. The van der Waals surface area contributed by atoms with E-state index < -0.39 is 9.85 Å². The largest absolute Gasteiger partial charge is 0.284 e. The van der Waals surface area contributed by atoms with E-state index >= 15 is 0 Å². The van der Waals surface area contributed by atoms with E-state index in [9.17, 15) is 20.2 Å². The van der Waals surface area contributed by atoms with Crippen LogP contribution in [0.3, 0.4) is 0 Å². The van der Waals surface area contributed by atoms with E-state index in [0.717, 1.165) is 0 Å². The summed E-state index contributed by atoms with van der Waals surface area (Å²) in [4.78, 5) is 20.7. The van der Waals surface area contributed by atoms with Gasteiger partial charge in [0.15, 0.2) is 0 Å². The van der Waals surface area contributed by atoms with Crippen molar-refractivity contribution >= 4 is 23.0 Å². The SMILES string of the molecule is O=[N+]([O-])c1cccc([N+](=O)[O-])c1-c1cccc(Cl)c1. The average molecular weight is 279 g/mol. The van der Waals surface area contributed by atoms with Crippen molar-refractivity contribution in [3.05, 3.63) is 67.7 Å². The molecule has 0 saturated heterocycles. The molecule has 2 rings (SSSR count). The van der Waals surface area contributed by atoms with Crippen LogP contribution in [0.15, 0.2) is 42.5 Å². The zero-order valence-corrected chi connectivity index (χ0v) is 10.2. The third-order valence-electron chi connectivity index (χ3n) is 2.53. The molecule has 0 unspecified atom stereocenters. The fraction of sp³-hybridized carbons (Fsp3) is 0. The second-order valence-electron chi connectivity index (χ2n) is 3.70. The maximum Gasteiger partial charge on any atom is 0.284 e. The highest BCUT2D eigenvalue weighted by Crippen LogP contribution is 2.38. The van der Waals surface area contributed by atoms with Crippen molar-refractivity contribution in [3.8, 4) is 11.1 Å². The Balaban J connectivity index is 2.79. The Kier molecular flexibility index (Phi) is 3.43. The number of nitro benzene ring substituents is 2. The van der Waals surface area contributed by atoms with Crippen LogP contribution in [0, 0.1) is 20.2 Å². The third kappa shape index (κ3) is 2.53. The van der Waals surface area contributed by atoms with Crippen molar-refractivity contribution in [1.82, 2.24) is 0 Å². The standard InChI is InChI=1S/C12H7ClN2O4/c13-9-4-1-3-8(7-9)12-10(14(16)17)5-2-6-11(12)15(18)19/h1-7H. The van der Waals surface area contributed by atoms with Gasteiger partial charge in [0.25, 0.3) is 11.4 Å². The molecule has 0 bridgehead atoms. The zero-order valence-electron chi connectivity index (χ0n) is 9.45. The van der Waals surface area contributed by atoms with Crippen molar-refractivity contribution in [1.29, 1.82) is 0 Å². The van der Waals surface area contributed by atoms with Crippen LogP contribution < -0.4 is 0 Å². The number of halogens is 1. The average Bonchev–Trinajstić information content (AvgIpc) is 2.37. The summed E-state index contributed by atoms with van der Waals surface area (Å²) in [5.41, 5.74) is -0.348. The van der Waals surface area contributed by atoms with Crippen LogP contribution in [-0.4, -0.2) is 9.85 Å². The minimum absolute atomic E-state index is 0.0417. The normalized spacial score (nSPS) is 10.2. The van der Waals surface area contributed by atoms with E-state index in [4.69, 9.17) is 11.6 Å². The minimum atomic E-state index is -0.650. The van der Waals surface area contributed by atoms with E-state index in [0.29, 0.717) is 10.6 Å². The molecule has 6 nitrogen and oxygen atoms in total. The van der Waals surface area contributed by atoms with Gasteiger partial charge in [0.05, 0.1) is 9.85 Å². The van der Waals surface area contributed by atoms with Gasteiger partial charge in [0, 0.05) is 17.2 Å². The first-order chi connectivity index (χ1) is 9.00. The number of hydrogen-bond donors (Lipinski definition) is 0. The molecule has 0 aliphatic carbocycles. The van der Waals surface area contributed by atoms with Crippen LogP contribution in [0.1, 0.15) is 0 Å². The van der Waals surface area contributed by atoms with Gasteiger partial charge in [-0.3, -0.25) is 20.2 Å². The van der Waals surface area contributed by atoms with Crippen LogP contribution >= 0.6 is 11.6 Å². The Hall–Kier alpha value is -2.47. The molecule has 0 atom stereocenters. The number of benzene rings is 2. The van der Waals surface area contributed by atoms with E-state index in [2.05, 4.69) is 0 Å². The maximum atomic E-state index is 11.0. The van der Waals surface area contributed by atoms with Crippen molar-refractivity contribution in [2.24, 2.45) is 0 Å². The smallest absolute Gasteiger partial charge is 0.258 e. The Morgan fingerprint density at radius 1 is 0.895 bits per heavy atom. The maximum absolute atomic E-state index is 11.0. The van der Waals surface area contributed by atoms with Gasteiger partial charge in [0.1, 0.15) is 5.56 Å². The summed E-state index contributed by atoms with van der Waals surface area (Å²) >= 11 is 5.82. The Morgan fingerprint density at radius 3 is 1.89 bits per heavy atom. The summed E-state index contributed by atoms with van der Waals surface area (Å²) < 4.78 is 0. The number of hydrogen-bond acceptors (Lipinski definition) is 4. The molecule has 2 aromatic carbocycles. The van der Waals surface area contributed by atoms with E-state index in [1.807, 2.05) is 0 Å². The highest BCUT2D eigenvalue weighted by Gasteiger charge is 2.25. The van der Waals surface area contributed by atoms with E-state index in [1.54, 1.807) is 18.2 Å². The molecule has 0 saturated carbocycles. The first-order valence-corrected chi connectivity index (χ1v) is 5.56. The topological polar surface area (TPSA) is 86.3 Å². The predicted molar refractivity (Wildman–Crippen MR) is 70.2 cm³/mol. The molecule has 0 aliphatic heterocycles. The summed E-state index contributed by atoms with van der Waals surface area (Å²) in [5.74, 6) is 0. The summed E-state index contributed by atoms with van der Waals surface area (Å²) in [6.07, 6.45) is 0. The second-order valence-corrected chi connectivity index (χ2v) is 4.13. The van der Waals surface area contributed by atoms with Gasteiger partial charge in [-0.25, -0.2) is 0 Å². The van der Waals surface area contributed by atoms with Crippen molar-refractivity contribution in [2.75, 3.05) is 0 Å². The van der Waals surface area contributed by atoms with Gasteiger partial charge in [-0.1, -0.05) is 23.7 Å². The van der Waals surface area contributed by atoms with Gasteiger partial charge in [-0.2, -0.15) is 0 Å². The van der Waals surface area contributed by atoms with Gasteiger partial charge in [0.2, 0.25) is 0 Å². The van der Waals surface area contributed by atoms with Crippen LogP contribution in [0.4, 0.5) is 11.4 Å². The van der Waals surface area contributed by atoms with E-state index in [-0.39, 0.29) is 16.9 Å². The molecule has 0 spiro atoms. The van der Waals surface area contributed by atoms with Crippen LogP contribution in [0.25, 0.3) is 11.1 Å². The van der Waals surface area contributed by atoms with Gasteiger partial charge in [-0.15, -0.1) is 0 Å². The zero-order chi connectivity index (χ0) is 14.0. The lowest BCUT2D eigenvalue weighted by Gasteiger charge is -2.04. The van der Waals surface area contributed by atoms with Crippen LogP contribution in [0.2, 0.25) is 5.02 Å². The highest BCUT2D eigenvalue weighted by atomic mass is 35.5. The van der Waals surface area contributed by atoms with Crippen LogP contribution in [0.5, 0.6) is 0 Å². The van der Waals surface area contributed by atoms with Gasteiger partial charge in [-0.05, 0) is 23.8 Å². The fourth-order valence-corrected chi connectivity index (χ4v) is 1.96. The summed E-state index contributed by atoms with van der Waals surface area (Å²) in [5, 5.41) is 22.4. The number of nitrogens with zero attached hydrogens (tertiary/aromatic N) is 2. The Morgan fingerprint density at radius 2 is 1.42 bits per heavy atom. The van der Waals surface area contributed by atoms with E-state index in [1.165, 1.54) is 24.3 Å². The minimum Gasteiger partial charge on any atom is -0.258 e. The molecule has 0 aliphatic rings. The third-order valence-corrected chi connectivity index (χ3v) is 2.76. The monoisotopic (exact) mass is 278 g/mol. The molecule has 0 aromatic heterocycles. The van der Waals surface area contributed by atoms with Crippen LogP contribution in [-0.2, 0) is 0 Å². The molecule has 0 heterocycles. The Labute approximate surface area is 112 Å². The number of rotatable bonds is 3. The lowest BCUT2D eigenvalue weighted by molar-refractivity contribution is -0.392. The second kappa shape index (κ2) is 5.03. The molecule has 0 N–H and O–H groups in total. The molecule has 2 aromatic rings. The summed E-state index contributed by atoms with van der Waals surface area (Å²) in [6.45, 7) is 0.